The van der Waals surface area contributed by atoms with Crippen molar-refractivity contribution in [2.24, 2.45) is 5.73 Å². The second-order valence-electron chi connectivity index (χ2n) is 6.01. The van der Waals surface area contributed by atoms with Crippen molar-refractivity contribution in [1.29, 1.82) is 0 Å². The molecule has 0 radical (unpaired) electrons. The summed E-state index contributed by atoms with van der Waals surface area (Å²) in [6, 6.07) is 7.49. The molecule has 27 heavy (non-hydrogen) atoms. The van der Waals surface area contributed by atoms with Crippen LogP contribution in [0.4, 0.5) is 5.69 Å². The van der Waals surface area contributed by atoms with Gasteiger partial charge in [0.15, 0.2) is 0 Å². The highest BCUT2D eigenvalue weighted by Crippen LogP contribution is 2.36. The van der Waals surface area contributed by atoms with E-state index in [9.17, 15) is 18.5 Å². The van der Waals surface area contributed by atoms with Gasteiger partial charge in [-0.15, -0.1) is 0 Å². The lowest BCUT2D eigenvalue weighted by Crippen LogP contribution is -2.32. The van der Waals surface area contributed by atoms with E-state index in [-0.39, 0.29) is 41.2 Å². The number of non-ortho nitro benzene ring substituents is 1. The maximum absolute atomic E-state index is 13.0. The predicted molar refractivity (Wildman–Crippen MR) is 101 cm³/mol. The number of hydrogen-bond donors (Lipinski definition) is 1. The predicted octanol–water partition coefficient (Wildman–Crippen LogP) is 3.42. The van der Waals surface area contributed by atoms with Crippen molar-refractivity contribution in [2.45, 2.75) is 17.4 Å². The SMILES string of the molecule is N[C@H]1CCN(S(=O)(=O)c2cc([N+](=O)[O-])ccc2Oc2cc(Cl)cc(Cl)c2)C1. The van der Waals surface area contributed by atoms with Gasteiger partial charge < -0.3 is 10.5 Å². The Labute approximate surface area is 165 Å². The van der Waals surface area contributed by atoms with Crippen molar-refractivity contribution < 1.29 is 18.1 Å². The van der Waals surface area contributed by atoms with E-state index in [1.807, 2.05) is 0 Å². The molecule has 3 rings (SSSR count). The minimum absolute atomic E-state index is 0.0700. The first kappa shape index (κ1) is 19.8. The van der Waals surface area contributed by atoms with Crippen molar-refractivity contribution in [1.82, 2.24) is 4.31 Å². The van der Waals surface area contributed by atoms with Crippen molar-refractivity contribution in [3.05, 3.63) is 56.6 Å². The Morgan fingerprint density at radius 3 is 2.41 bits per heavy atom. The molecule has 0 aromatic heterocycles. The first-order valence-electron chi connectivity index (χ1n) is 7.85. The number of sulfonamides is 1. The van der Waals surface area contributed by atoms with Crippen molar-refractivity contribution in [3.63, 3.8) is 0 Å². The van der Waals surface area contributed by atoms with E-state index in [0.717, 1.165) is 12.1 Å². The molecule has 0 saturated carbocycles. The standard InChI is InChI=1S/C16H15Cl2N3O5S/c17-10-5-11(18)7-14(6-10)26-15-2-1-13(21(22)23)8-16(15)27(24,25)20-4-3-12(19)9-20/h1-2,5-8,12H,3-4,9,19H2/t12-/m0/s1. The summed E-state index contributed by atoms with van der Waals surface area (Å²) >= 11 is 11.9. The monoisotopic (exact) mass is 431 g/mol. The Hall–Kier alpha value is -1.91. The topological polar surface area (TPSA) is 116 Å². The van der Waals surface area contributed by atoms with Gasteiger partial charge in [0.05, 0.1) is 4.92 Å². The van der Waals surface area contributed by atoms with E-state index in [0.29, 0.717) is 16.5 Å². The van der Waals surface area contributed by atoms with Crippen molar-refractivity contribution in [2.75, 3.05) is 13.1 Å². The summed E-state index contributed by atoms with van der Waals surface area (Å²) in [6.07, 6.45) is 0.508. The van der Waals surface area contributed by atoms with Crippen LogP contribution >= 0.6 is 23.2 Å². The molecular weight excluding hydrogens is 417 g/mol. The molecule has 1 saturated heterocycles. The van der Waals surface area contributed by atoms with Crippen LogP contribution in [0.5, 0.6) is 11.5 Å². The van der Waals surface area contributed by atoms with Gasteiger partial charge >= 0.3 is 0 Å². The number of nitrogens with zero attached hydrogens (tertiary/aromatic N) is 2. The Bertz CT molecular complexity index is 979. The molecule has 0 amide bonds. The molecule has 2 N–H and O–H groups in total. The highest BCUT2D eigenvalue weighted by atomic mass is 35.5. The van der Waals surface area contributed by atoms with Gasteiger partial charge in [-0.2, -0.15) is 4.31 Å². The van der Waals surface area contributed by atoms with Gasteiger partial charge in [0.2, 0.25) is 10.0 Å². The number of rotatable bonds is 5. The number of ether oxygens (including phenoxy) is 1. The largest absolute Gasteiger partial charge is 0.456 e. The molecule has 0 spiro atoms. The maximum atomic E-state index is 13.0. The second-order valence-corrected chi connectivity index (χ2v) is 8.79. The lowest BCUT2D eigenvalue weighted by atomic mass is 10.3. The molecule has 0 aliphatic carbocycles. The van der Waals surface area contributed by atoms with Gasteiger partial charge in [0.1, 0.15) is 16.4 Å². The molecule has 1 aliphatic heterocycles. The van der Waals surface area contributed by atoms with Crippen LogP contribution in [0.25, 0.3) is 0 Å². The minimum Gasteiger partial charge on any atom is -0.456 e. The maximum Gasteiger partial charge on any atom is 0.271 e. The Balaban J connectivity index is 2.07. The van der Waals surface area contributed by atoms with Crippen LogP contribution in [-0.4, -0.2) is 36.8 Å². The first-order chi connectivity index (χ1) is 12.7. The number of nitrogens with two attached hydrogens (primary N) is 1. The summed E-state index contributed by atoms with van der Waals surface area (Å²) in [6.45, 7) is 0.363. The summed E-state index contributed by atoms with van der Waals surface area (Å²) in [5.41, 5.74) is 5.43. The number of nitro benzene ring substituents is 1. The molecule has 0 unspecified atom stereocenters. The Morgan fingerprint density at radius 2 is 1.85 bits per heavy atom. The molecular formula is C16H15Cl2N3O5S. The zero-order valence-electron chi connectivity index (χ0n) is 13.8. The van der Waals surface area contributed by atoms with E-state index in [1.165, 1.54) is 28.6 Å². The van der Waals surface area contributed by atoms with E-state index in [4.69, 9.17) is 33.7 Å². The third-order valence-corrected chi connectivity index (χ3v) is 6.33. The van der Waals surface area contributed by atoms with Gasteiger partial charge in [0, 0.05) is 41.3 Å². The van der Waals surface area contributed by atoms with Gasteiger partial charge in [-0.1, -0.05) is 23.2 Å². The average molecular weight is 432 g/mol. The van der Waals surface area contributed by atoms with Crippen molar-refractivity contribution in [3.8, 4) is 11.5 Å². The summed E-state index contributed by atoms with van der Waals surface area (Å²) in [5.74, 6) is 0.135. The number of nitro groups is 1. The average Bonchev–Trinajstić information content (AvgIpc) is 3.01. The molecule has 2 aromatic carbocycles. The molecule has 0 bridgehead atoms. The fraction of sp³-hybridized carbons (Fsp3) is 0.250. The second kappa shape index (κ2) is 7.61. The third kappa shape index (κ3) is 4.33. The molecule has 1 aliphatic rings. The van der Waals surface area contributed by atoms with Crippen LogP contribution in [0.1, 0.15) is 6.42 Å². The number of benzene rings is 2. The zero-order valence-corrected chi connectivity index (χ0v) is 16.2. The molecule has 1 heterocycles. The summed E-state index contributed by atoms with van der Waals surface area (Å²) < 4.78 is 32.9. The fourth-order valence-corrected chi connectivity index (χ4v) is 4.87. The molecule has 2 aromatic rings. The van der Waals surface area contributed by atoms with E-state index >= 15 is 0 Å². The van der Waals surface area contributed by atoms with Gasteiger partial charge in [-0.25, -0.2) is 8.42 Å². The van der Waals surface area contributed by atoms with Gasteiger partial charge in [0.25, 0.3) is 5.69 Å². The highest BCUT2D eigenvalue weighted by molar-refractivity contribution is 7.89. The van der Waals surface area contributed by atoms with E-state index < -0.39 is 14.9 Å². The zero-order chi connectivity index (χ0) is 19.8. The molecule has 144 valence electrons. The quantitative estimate of drug-likeness (QED) is 0.572. The van der Waals surface area contributed by atoms with Crippen LogP contribution in [0, 0.1) is 10.1 Å². The van der Waals surface area contributed by atoms with Crippen LogP contribution in [0.15, 0.2) is 41.3 Å². The lowest BCUT2D eigenvalue weighted by Gasteiger charge is -2.18. The van der Waals surface area contributed by atoms with E-state index in [1.54, 1.807) is 0 Å². The van der Waals surface area contributed by atoms with Crippen molar-refractivity contribution >= 4 is 38.9 Å². The highest BCUT2D eigenvalue weighted by Gasteiger charge is 2.34. The van der Waals surface area contributed by atoms with Gasteiger partial charge in [-0.05, 0) is 30.7 Å². The van der Waals surface area contributed by atoms with Crippen LogP contribution in [0.3, 0.4) is 0 Å². The van der Waals surface area contributed by atoms with Gasteiger partial charge in [-0.3, -0.25) is 10.1 Å². The summed E-state index contributed by atoms with van der Waals surface area (Å²) in [5, 5.41) is 11.7. The molecule has 8 nitrogen and oxygen atoms in total. The van der Waals surface area contributed by atoms with Crippen LogP contribution < -0.4 is 10.5 Å². The lowest BCUT2D eigenvalue weighted by molar-refractivity contribution is -0.385. The first-order valence-corrected chi connectivity index (χ1v) is 10.0. The minimum atomic E-state index is -4.04. The van der Waals surface area contributed by atoms with Crippen LogP contribution in [-0.2, 0) is 10.0 Å². The van der Waals surface area contributed by atoms with Crippen LogP contribution in [0.2, 0.25) is 10.0 Å². The normalized spacial score (nSPS) is 17.8. The molecule has 11 heteroatoms. The smallest absolute Gasteiger partial charge is 0.271 e. The Morgan fingerprint density at radius 1 is 1.19 bits per heavy atom. The Kier molecular flexibility index (Phi) is 5.59. The molecule has 1 fully saturated rings. The summed E-state index contributed by atoms with van der Waals surface area (Å²) in [7, 11) is -4.04. The summed E-state index contributed by atoms with van der Waals surface area (Å²) in [4.78, 5) is 10.1. The number of hydrogen-bond acceptors (Lipinski definition) is 6. The number of halogens is 2. The molecule has 1 atom stereocenters. The fourth-order valence-electron chi connectivity index (χ4n) is 2.72. The third-order valence-electron chi connectivity index (χ3n) is 4.01. The van der Waals surface area contributed by atoms with E-state index in [2.05, 4.69) is 0 Å².